The van der Waals surface area contributed by atoms with Crippen molar-refractivity contribution in [2.24, 2.45) is 0 Å². The molecule has 5 heteroatoms. The molecule has 17 heavy (non-hydrogen) atoms. The molecule has 0 aliphatic heterocycles. The van der Waals surface area contributed by atoms with E-state index in [1.165, 1.54) is 17.4 Å². The number of thiazole rings is 1. The standard InChI is InChI=1S/C12H12N2O2S/c1-7-11(17-8(2)13-7)12(16)14-9-4-3-5-10(15)6-9/h3-6,15H,1-2H3,(H,14,16). The first kappa shape index (κ1) is 11.6. The first-order valence-corrected chi connectivity index (χ1v) is 5.92. The van der Waals surface area contributed by atoms with Crippen LogP contribution >= 0.6 is 11.3 Å². The lowest BCUT2D eigenvalue weighted by Gasteiger charge is -2.04. The number of nitrogens with zero attached hydrogens (tertiary/aromatic N) is 1. The van der Waals surface area contributed by atoms with E-state index in [-0.39, 0.29) is 11.7 Å². The number of nitrogens with one attached hydrogen (secondary N) is 1. The van der Waals surface area contributed by atoms with Gasteiger partial charge in [-0.3, -0.25) is 4.79 Å². The number of phenols is 1. The summed E-state index contributed by atoms with van der Waals surface area (Å²) in [5, 5.41) is 12.9. The highest BCUT2D eigenvalue weighted by molar-refractivity contribution is 7.13. The number of carbonyl (C=O) groups excluding carboxylic acids is 1. The van der Waals surface area contributed by atoms with Crippen LogP contribution in [-0.4, -0.2) is 16.0 Å². The van der Waals surface area contributed by atoms with E-state index >= 15 is 0 Å². The van der Waals surface area contributed by atoms with Crippen LogP contribution in [0.25, 0.3) is 0 Å². The zero-order valence-corrected chi connectivity index (χ0v) is 10.3. The Morgan fingerprint density at radius 1 is 1.41 bits per heavy atom. The smallest absolute Gasteiger partial charge is 0.267 e. The molecule has 0 spiro atoms. The molecule has 0 saturated carbocycles. The second kappa shape index (κ2) is 4.55. The van der Waals surface area contributed by atoms with Gasteiger partial charge in [0.05, 0.1) is 10.7 Å². The first-order chi connectivity index (χ1) is 8.06. The van der Waals surface area contributed by atoms with Crippen molar-refractivity contribution in [1.82, 2.24) is 4.98 Å². The van der Waals surface area contributed by atoms with Gasteiger partial charge < -0.3 is 10.4 Å². The molecule has 1 heterocycles. The van der Waals surface area contributed by atoms with Crippen molar-refractivity contribution >= 4 is 22.9 Å². The molecule has 4 nitrogen and oxygen atoms in total. The number of benzene rings is 1. The number of aromatic nitrogens is 1. The van der Waals surface area contributed by atoms with Crippen LogP contribution in [0.15, 0.2) is 24.3 Å². The van der Waals surface area contributed by atoms with Crippen molar-refractivity contribution in [3.05, 3.63) is 39.8 Å². The van der Waals surface area contributed by atoms with Crippen LogP contribution in [0.1, 0.15) is 20.4 Å². The molecular formula is C12H12N2O2S. The minimum absolute atomic E-state index is 0.125. The van der Waals surface area contributed by atoms with Gasteiger partial charge in [-0.15, -0.1) is 11.3 Å². The Labute approximate surface area is 103 Å². The molecule has 88 valence electrons. The monoisotopic (exact) mass is 248 g/mol. The minimum atomic E-state index is -0.196. The van der Waals surface area contributed by atoms with Gasteiger partial charge in [-0.2, -0.15) is 0 Å². The lowest BCUT2D eigenvalue weighted by Crippen LogP contribution is -2.11. The summed E-state index contributed by atoms with van der Waals surface area (Å²) in [6.45, 7) is 3.67. The molecule has 1 aromatic heterocycles. The molecule has 1 amide bonds. The Balaban J connectivity index is 2.20. The van der Waals surface area contributed by atoms with Gasteiger partial charge in [0.1, 0.15) is 10.6 Å². The molecule has 0 fully saturated rings. The molecule has 0 saturated heterocycles. The van der Waals surface area contributed by atoms with Gasteiger partial charge in [0.15, 0.2) is 0 Å². The van der Waals surface area contributed by atoms with Crippen LogP contribution in [0.5, 0.6) is 5.75 Å². The van der Waals surface area contributed by atoms with Crippen LogP contribution in [0.2, 0.25) is 0 Å². The molecule has 0 aliphatic carbocycles. The van der Waals surface area contributed by atoms with Gasteiger partial charge in [0, 0.05) is 11.8 Å². The maximum Gasteiger partial charge on any atom is 0.267 e. The summed E-state index contributed by atoms with van der Waals surface area (Å²) in [6, 6.07) is 6.45. The normalized spacial score (nSPS) is 10.2. The average Bonchev–Trinajstić information content (AvgIpc) is 2.58. The van der Waals surface area contributed by atoms with E-state index in [4.69, 9.17) is 0 Å². The van der Waals surface area contributed by atoms with E-state index in [1.807, 2.05) is 6.92 Å². The lowest BCUT2D eigenvalue weighted by molar-refractivity contribution is 0.103. The van der Waals surface area contributed by atoms with Crippen molar-refractivity contribution in [2.75, 3.05) is 5.32 Å². The minimum Gasteiger partial charge on any atom is -0.508 e. The molecule has 0 atom stereocenters. The van der Waals surface area contributed by atoms with Gasteiger partial charge in [-0.1, -0.05) is 6.07 Å². The predicted molar refractivity (Wildman–Crippen MR) is 67.6 cm³/mol. The van der Waals surface area contributed by atoms with Gasteiger partial charge in [0.25, 0.3) is 5.91 Å². The largest absolute Gasteiger partial charge is 0.508 e. The Bertz CT molecular complexity index is 563. The third kappa shape index (κ3) is 2.62. The second-order valence-corrected chi connectivity index (χ2v) is 4.86. The van der Waals surface area contributed by atoms with Crippen LogP contribution < -0.4 is 5.32 Å². The number of carbonyl (C=O) groups is 1. The van der Waals surface area contributed by atoms with E-state index in [1.54, 1.807) is 25.1 Å². The van der Waals surface area contributed by atoms with E-state index in [0.717, 1.165) is 10.7 Å². The Morgan fingerprint density at radius 3 is 2.76 bits per heavy atom. The fourth-order valence-corrected chi connectivity index (χ4v) is 2.33. The third-order valence-electron chi connectivity index (χ3n) is 2.21. The van der Waals surface area contributed by atoms with Crippen molar-refractivity contribution < 1.29 is 9.90 Å². The maximum atomic E-state index is 11.9. The zero-order chi connectivity index (χ0) is 12.4. The second-order valence-electron chi connectivity index (χ2n) is 3.65. The summed E-state index contributed by atoms with van der Waals surface area (Å²) >= 11 is 1.36. The van der Waals surface area contributed by atoms with Gasteiger partial charge in [-0.05, 0) is 26.0 Å². The molecule has 2 aromatic rings. The molecule has 0 bridgehead atoms. The van der Waals surface area contributed by atoms with Crippen LogP contribution in [0.3, 0.4) is 0 Å². The number of anilines is 1. The summed E-state index contributed by atoms with van der Waals surface area (Å²) in [5.41, 5.74) is 1.30. The SMILES string of the molecule is Cc1nc(C)c(C(=O)Nc2cccc(O)c2)s1. The summed E-state index contributed by atoms with van der Waals surface area (Å²) < 4.78 is 0. The third-order valence-corrected chi connectivity index (χ3v) is 3.29. The number of hydrogen-bond donors (Lipinski definition) is 2. The predicted octanol–water partition coefficient (Wildman–Crippen LogP) is 2.72. The van der Waals surface area contributed by atoms with Crippen LogP contribution in [0.4, 0.5) is 5.69 Å². The van der Waals surface area contributed by atoms with Crippen molar-refractivity contribution in [2.45, 2.75) is 13.8 Å². The Kier molecular flexibility index (Phi) is 3.10. The highest BCUT2D eigenvalue weighted by Crippen LogP contribution is 2.20. The topological polar surface area (TPSA) is 62.2 Å². The molecule has 0 unspecified atom stereocenters. The van der Waals surface area contributed by atoms with Crippen molar-refractivity contribution in [3.8, 4) is 5.75 Å². The number of phenolic OH excluding ortho intramolecular Hbond substituents is 1. The maximum absolute atomic E-state index is 11.9. The van der Waals surface area contributed by atoms with Crippen LogP contribution in [-0.2, 0) is 0 Å². The van der Waals surface area contributed by atoms with Crippen LogP contribution in [0, 0.1) is 13.8 Å². The Hall–Kier alpha value is -1.88. The summed E-state index contributed by atoms with van der Waals surface area (Å²) in [6.07, 6.45) is 0. The number of amides is 1. The van der Waals surface area contributed by atoms with E-state index in [0.29, 0.717) is 10.6 Å². The highest BCUT2D eigenvalue weighted by Gasteiger charge is 2.13. The lowest BCUT2D eigenvalue weighted by atomic mass is 10.3. The molecule has 1 aromatic carbocycles. The summed E-state index contributed by atoms with van der Waals surface area (Å²) in [4.78, 5) is 16.7. The van der Waals surface area contributed by atoms with E-state index in [2.05, 4.69) is 10.3 Å². The number of hydrogen-bond acceptors (Lipinski definition) is 4. The van der Waals surface area contributed by atoms with Crippen molar-refractivity contribution in [1.29, 1.82) is 0 Å². The van der Waals surface area contributed by atoms with Gasteiger partial charge >= 0.3 is 0 Å². The fourth-order valence-electron chi connectivity index (χ4n) is 1.51. The molecule has 0 radical (unpaired) electrons. The average molecular weight is 248 g/mol. The van der Waals surface area contributed by atoms with Gasteiger partial charge in [-0.25, -0.2) is 4.98 Å². The van der Waals surface area contributed by atoms with E-state index < -0.39 is 0 Å². The fraction of sp³-hybridized carbons (Fsp3) is 0.167. The molecule has 0 aliphatic rings. The highest BCUT2D eigenvalue weighted by atomic mass is 32.1. The molecular weight excluding hydrogens is 236 g/mol. The quantitative estimate of drug-likeness (QED) is 0.859. The summed E-state index contributed by atoms with van der Waals surface area (Å²) in [7, 11) is 0. The molecule has 2 rings (SSSR count). The van der Waals surface area contributed by atoms with E-state index in [9.17, 15) is 9.90 Å². The molecule has 2 N–H and O–H groups in total. The zero-order valence-electron chi connectivity index (χ0n) is 9.52. The number of aryl methyl sites for hydroxylation is 2. The van der Waals surface area contributed by atoms with Crippen molar-refractivity contribution in [3.63, 3.8) is 0 Å². The van der Waals surface area contributed by atoms with Gasteiger partial charge in [0.2, 0.25) is 0 Å². The number of aromatic hydroxyl groups is 1. The summed E-state index contributed by atoms with van der Waals surface area (Å²) in [5.74, 6) is -0.0706. The first-order valence-electron chi connectivity index (χ1n) is 5.10. The number of rotatable bonds is 2. The Morgan fingerprint density at radius 2 is 2.18 bits per heavy atom.